The minimum Gasteiger partial charge on any atom is -0.399 e. The van der Waals surface area contributed by atoms with Gasteiger partial charge < -0.3 is 14.8 Å². The van der Waals surface area contributed by atoms with E-state index in [-0.39, 0.29) is 0 Å². The molecule has 0 radical (unpaired) electrons. The molecule has 0 fully saturated rings. The number of hydrogen-bond acceptors (Lipinski definition) is 5. The minimum atomic E-state index is 0.336. The second-order valence-corrected chi connectivity index (χ2v) is 4.43. The number of nitrogen functional groups attached to an aromatic ring is 1. The monoisotopic (exact) mass is 275 g/mol. The van der Waals surface area contributed by atoms with Gasteiger partial charge in [0.1, 0.15) is 0 Å². The molecule has 96 valence electrons. The molecule has 0 saturated heterocycles. The lowest BCUT2D eigenvalue weighted by atomic mass is 10.2. The number of nitrogens with zero attached hydrogens (tertiary/aromatic N) is 4. The highest BCUT2D eigenvalue weighted by atomic mass is 35.5. The summed E-state index contributed by atoms with van der Waals surface area (Å²) in [6.45, 7) is 0. The Labute approximate surface area is 113 Å². The number of aryl methyl sites for hydroxylation is 1. The first-order valence-electron chi connectivity index (χ1n) is 5.52. The number of imidazole rings is 1. The summed E-state index contributed by atoms with van der Waals surface area (Å²) in [5, 5.41) is 4.37. The van der Waals surface area contributed by atoms with Gasteiger partial charge in [0.15, 0.2) is 5.82 Å². The molecule has 2 N–H and O–H groups in total. The molecule has 7 heteroatoms. The third-order valence-electron chi connectivity index (χ3n) is 2.67. The Kier molecular flexibility index (Phi) is 2.72. The van der Waals surface area contributed by atoms with Gasteiger partial charge in [0.25, 0.3) is 5.89 Å². The fraction of sp³-hybridized carbons (Fsp3) is 0.0833. The molecule has 0 spiro atoms. The third kappa shape index (κ3) is 2.06. The van der Waals surface area contributed by atoms with Crippen LogP contribution in [0.1, 0.15) is 0 Å². The molecule has 3 rings (SSSR count). The van der Waals surface area contributed by atoms with Gasteiger partial charge in [-0.25, -0.2) is 4.98 Å². The zero-order valence-electron chi connectivity index (χ0n) is 10.0. The Morgan fingerprint density at radius 1 is 1.37 bits per heavy atom. The number of rotatable bonds is 2. The first kappa shape index (κ1) is 11.7. The van der Waals surface area contributed by atoms with Gasteiger partial charge in [-0.1, -0.05) is 16.8 Å². The average molecular weight is 276 g/mol. The summed E-state index contributed by atoms with van der Waals surface area (Å²) in [7, 11) is 1.86. The van der Waals surface area contributed by atoms with Gasteiger partial charge in [-0.15, -0.1) is 0 Å². The van der Waals surface area contributed by atoms with E-state index in [1.165, 1.54) is 0 Å². The zero-order valence-corrected chi connectivity index (χ0v) is 10.8. The lowest BCUT2D eigenvalue weighted by Gasteiger charge is -1.99. The normalized spacial score (nSPS) is 10.8. The van der Waals surface area contributed by atoms with Crippen molar-refractivity contribution in [3.05, 3.63) is 35.6 Å². The van der Waals surface area contributed by atoms with Crippen LogP contribution in [0.2, 0.25) is 5.02 Å². The highest BCUT2D eigenvalue weighted by Crippen LogP contribution is 2.29. The van der Waals surface area contributed by atoms with Gasteiger partial charge >= 0.3 is 0 Å². The minimum absolute atomic E-state index is 0.336. The van der Waals surface area contributed by atoms with Crippen molar-refractivity contribution in [3.8, 4) is 23.1 Å². The number of anilines is 1. The zero-order chi connectivity index (χ0) is 13.4. The van der Waals surface area contributed by atoms with Gasteiger partial charge in [0, 0.05) is 25.1 Å². The third-order valence-corrected chi connectivity index (χ3v) is 2.98. The maximum Gasteiger partial charge on any atom is 0.259 e. The maximum atomic E-state index is 6.10. The Balaban J connectivity index is 2.04. The van der Waals surface area contributed by atoms with E-state index in [1.54, 1.807) is 29.0 Å². The molecule has 0 bridgehead atoms. The van der Waals surface area contributed by atoms with Crippen LogP contribution in [-0.4, -0.2) is 19.7 Å². The van der Waals surface area contributed by atoms with Crippen LogP contribution in [0.4, 0.5) is 5.69 Å². The molecule has 2 aromatic heterocycles. The average Bonchev–Trinajstić information content (AvgIpc) is 2.97. The largest absolute Gasteiger partial charge is 0.399 e. The summed E-state index contributed by atoms with van der Waals surface area (Å²) in [5.74, 6) is 1.37. The van der Waals surface area contributed by atoms with E-state index in [2.05, 4.69) is 15.1 Å². The second kappa shape index (κ2) is 4.40. The van der Waals surface area contributed by atoms with E-state index in [0.717, 1.165) is 0 Å². The highest BCUT2D eigenvalue weighted by Gasteiger charge is 2.15. The molecule has 0 aliphatic rings. The predicted octanol–water partition coefficient (Wildman–Crippen LogP) is 2.37. The van der Waals surface area contributed by atoms with Crippen LogP contribution < -0.4 is 5.73 Å². The van der Waals surface area contributed by atoms with Crippen molar-refractivity contribution < 1.29 is 4.52 Å². The van der Waals surface area contributed by atoms with E-state index in [1.807, 2.05) is 13.2 Å². The number of nitrogens with two attached hydrogens (primary N) is 1. The van der Waals surface area contributed by atoms with Crippen LogP contribution in [0.5, 0.6) is 0 Å². The van der Waals surface area contributed by atoms with Gasteiger partial charge in [-0.3, -0.25) is 0 Å². The molecular formula is C12H10ClN5O. The predicted molar refractivity (Wildman–Crippen MR) is 71.4 cm³/mol. The summed E-state index contributed by atoms with van der Waals surface area (Å²) >= 11 is 6.10. The Morgan fingerprint density at radius 2 is 2.21 bits per heavy atom. The summed E-state index contributed by atoms with van der Waals surface area (Å²) in [6.07, 6.45) is 3.48. The standard InChI is InChI=1S/C12H10ClN5O/c1-18-5-4-15-11(18)10-16-12(19-17-10)8-3-2-7(14)6-9(8)13/h2-6H,14H2,1H3. The van der Waals surface area contributed by atoms with Crippen molar-refractivity contribution in [1.29, 1.82) is 0 Å². The van der Waals surface area contributed by atoms with Crippen LogP contribution in [0.25, 0.3) is 23.1 Å². The summed E-state index contributed by atoms with van der Waals surface area (Å²) < 4.78 is 7.02. The van der Waals surface area contributed by atoms with E-state index >= 15 is 0 Å². The molecule has 0 atom stereocenters. The van der Waals surface area contributed by atoms with E-state index in [9.17, 15) is 0 Å². The molecule has 1 aromatic carbocycles. The fourth-order valence-electron chi connectivity index (χ4n) is 1.71. The smallest absolute Gasteiger partial charge is 0.259 e. The number of halogens is 1. The fourth-order valence-corrected chi connectivity index (χ4v) is 1.98. The summed E-state index contributed by atoms with van der Waals surface area (Å²) in [5.41, 5.74) is 6.87. The lowest BCUT2D eigenvalue weighted by molar-refractivity contribution is 0.431. The van der Waals surface area contributed by atoms with Crippen molar-refractivity contribution in [1.82, 2.24) is 19.7 Å². The second-order valence-electron chi connectivity index (χ2n) is 4.02. The number of hydrogen-bond donors (Lipinski definition) is 1. The van der Waals surface area contributed by atoms with Crippen molar-refractivity contribution in [2.75, 3.05) is 5.73 Å². The van der Waals surface area contributed by atoms with Gasteiger partial charge in [0.2, 0.25) is 5.82 Å². The molecule has 6 nitrogen and oxygen atoms in total. The number of benzene rings is 1. The molecule has 0 aliphatic carbocycles. The van der Waals surface area contributed by atoms with Gasteiger partial charge in [-0.05, 0) is 18.2 Å². The van der Waals surface area contributed by atoms with Gasteiger partial charge in [0.05, 0.1) is 10.6 Å². The van der Waals surface area contributed by atoms with Crippen molar-refractivity contribution in [2.24, 2.45) is 7.05 Å². The Hall–Kier alpha value is -2.34. The van der Waals surface area contributed by atoms with Crippen molar-refractivity contribution in [3.63, 3.8) is 0 Å². The lowest BCUT2D eigenvalue weighted by Crippen LogP contribution is -1.92. The van der Waals surface area contributed by atoms with Crippen molar-refractivity contribution >= 4 is 17.3 Å². The molecule has 0 unspecified atom stereocenters. The van der Waals surface area contributed by atoms with Crippen LogP contribution >= 0.6 is 11.6 Å². The van der Waals surface area contributed by atoms with Crippen LogP contribution in [0.3, 0.4) is 0 Å². The first-order chi connectivity index (χ1) is 9.15. The molecule has 0 amide bonds. The van der Waals surface area contributed by atoms with E-state index in [0.29, 0.717) is 33.8 Å². The topological polar surface area (TPSA) is 82.8 Å². The molecule has 3 aromatic rings. The maximum absolute atomic E-state index is 6.10. The first-order valence-corrected chi connectivity index (χ1v) is 5.90. The van der Waals surface area contributed by atoms with Crippen LogP contribution in [0, 0.1) is 0 Å². The van der Waals surface area contributed by atoms with E-state index in [4.69, 9.17) is 21.9 Å². The summed E-state index contributed by atoms with van der Waals surface area (Å²) in [6, 6.07) is 5.11. The molecule has 0 aliphatic heterocycles. The van der Waals surface area contributed by atoms with Gasteiger partial charge in [-0.2, -0.15) is 4.98 Å². The van der Waals surface area contributed by atoms with Crippen molar-refractivity contribution in [2.45, 2.75) is 0 Å². The SMILES string of the molecule is Cn1ccnc1-c1noc(-c2ccc(N)cc2Cl)n1. The molecular weight excluding hydrogens is 266 g/mol. The molecule has 19 heavy (non-hydrogen) atoms. The summed E-state index contributed by atoms with van der Waals surface area (Å²) in [4.78, 5) is 8.44. The van der Waals surface area contributed by atoms with Crippen LogP contribution in [0.15, 0.2) is 35.1 Å². The Morgan fingerprint density at radius 3 is 2.89 bits per heavy atom. The van der Waals surface area contributed by atoms with E-state index < -0.39 is 0 Å². The molecule has 2 heterocycles. The number of aromatic nitrogens is 4. The Bertz CT molecular complexity index is 733. The highest BCUT2D eigenvalue weighted by molar-refractivity contribution is 6.33. The molecule has 0 saturated carbocycles. The quantitative estimate of drug-likeness (QED) is 0.726. The van der Waals surface area contributed by atoms with Crippen LogP contribution in [-0.2, 0) is 7.05 Å².